The Morgan fingerprint density at radius 2 is 1.94 bits per heavy atom. The molecule has 0 spiro atoms. The number of ether oxygens (including phenoxy) is 3. The Labute approximate surface area is 193 Å². The van der Waals surface area contributed by atoms with Gasteiger partial charge in [0, 0.05) is 38.2 Å². The Morgan fingerprint density at radius 3 is 2.76 bits per heavy atom. The summed E-state index contributed by atoms with van der Waals surface area (Å²) < 4.78 is 16.1. The molecule has 5 rings (SSSR count). The maximum atomic E-state index is 12.8. The highest BCUT2D eigenvalue weighted by Gasteiger charge is 2.40. The van der Waals surface area contributed by atoms with Crippen LogP contribution in [0, 0.1) is 5.92 Å². The molecule has 2 fully saturated rings. The van der Waals surface area contributed by atoms with Gasteiger partial charge >= 0.3 is 0 Å². The molecule has 0 unspecified atom stereocenters. The lowest BCUT2D eigenvalue weighted by molar-refractivity contribution is -0.143. The Hall–Kier alpha value is -3.48. The van der Waals surface area contributed by atoms with E-state index >= 15 is 0 Å². The number of likely N-dealkylation sites (tertiary alicyclic amines) is 2. The molecule has 7 heteroatoms. The lowest BCUT2D eigenvalue weighted by Crippen LogP contribution is -2.56. The number of carbonyl (C=O) groups excluding carboxylic acids is 2. The molecule has 2 amide bonds. The van der Waals surface area contributed by atoms with Gasteiger partial charge in [-0.15, -0.1) is 0 Å². The van der Waals surface area contributed by atoms with Crippen molar-refractivity contribution in [2.75, 3.05) is 27.0 Å². The summed E-state index contributed by atoms with van der Waals surface area (Å²) in [6, 6.07) is 13.6. The highest BCUT2D eigenvalue weighted by atomic mass is 16.7. The molecule has 7 nitrogen and oxygen atoms in total. The number of hydrogen-bond donors (Lipinski definition) is 0. The molecule has 0 radical (unpaired) electrons. The minimum atomic E-state index is 0.0171. The number of fused-ring (bicyclic) bond motifs is 2. The number of carbonyl (C=O) groups is 2. The van der Waals surface area contributed by atoms with Crippen LogP contribution in [0.5, 0.6) is 17.2 Å². The fourth-order valence-corrected chi connectivity index (χ4v) is 4.98. The van der Waals surface area contributed by atoms with E-state index in [0.29, 0.717) is 32.0 Å². The maximum Gasteiger partial charge on any atom is 0.246 e. The topological polar surface area (TPSA) is 68.3 Å². The van der Waals surface area contributed by atoms with Gasteiger partial charge in [-0.05, 0) is 60.2 Å². The molecule has 172 valence electrons. The lowest BCUT2D eigenvalue weighted by atomic mass is 9.83. The highest BCUT2D eigenvalue weighted by molar-refractivity contribution is 5.92. The first-order valence-electron chi connectivity index (χ1n) is 11.4. The Balaban J connectivity index is 1.22. The summed E-state index contributed by atoms with van der Waals surface area (Å²) in [7, 11) is 1.63. The second kappa shape index (κ2) is 9.17. The molecule has 0 bridgehead atoms. The van der Waals surface area contributed by atoms with E-state index in [1.165, 1.54) is 0 Å². The largest absolute Gasteiger partial charge is 0.497 e. The summed E-state index contributed by atoms with van der Waals surface area (Å²) >= 11 is 0. The van der Waals surface area contributed by atoms with Gasteiger partial charge in [-0.3, -0.25) is 9.59 Å². The summed E-state index contributed by atoms with van der Waals surface area (Å²) in [5, 5.41) is 0. The number of amides is 2. The van der Waals surface area contributed by atoms with Crippen molar-refractivity contribution in [3.8, 4) is 17.2 Å². The van der Waals surface area contributed by atoms with Crippen LogP contribution in [0.4, 0.5) is 0 Å². The standard InChI is InChI=1S/C26H28N2O5/c1-31-21-7-2-18(3-8-21)5-10-25(29)27-13-12-22-20(16-27)6-11-26(30)28(22)15-19-4-9-23-24(14-19)33-17-32-23/h2-5,7-10,14,20,22H,6,11-13,15-17H2,1H3/t20-,22+/m1/s1. The van der Waals surface area contributed by atoms with Crippen molar-refractivity contribution in [3.63, 3.8) is 0 Å². The van der Waals surface area contributed by atoms with E-state index in [9.17, 15) is 9.59 Å². The predicted molar refractivity (Wildman–Crippen MR) is 123 cm³/mol. The van der Waals surface area contributed by atoms with Gasteiger partial charge in [0.25, 0.3) is 0 Å². The van der Waals surface area contributed by atoms with Crippen molar-refractivity contribution in [2.24, 2.45) is 5.92 Å². The summed E-state index contributed by atoms with van der Waals surface area (Å²) in [6.45, 7) is 2.13. The molecule has 2 atom stereocenters. The molecule has 2 saturated heterocycles. The smallest absolute Gasteiger partial charge is 0.246 e. The van der Waals surface area contributed by atoms with Crippen LogP contribution in [0.1, 0.15) is 30.4 Å². The minimum absolute atomic E-state index is 0.0171. The van der Waals surface area contributed by atoms with Gasteiger partial charge in [0.05, 0.1) is 7.11 Å². The van der Waals surface area contributed by atoms with Crippen LogP contribution in [0.3, 0.4) is 0 Å². The van der Waals surface area contributed by atoms with Crippen LogP contribution >= 0.6 is 0 Å². The van der Waals surface area contributed by atoms with E-state index in [1.54, 1.807) is 13.2 Å². The van der Waals surface area contributed by atoms with Gasteiger partial charge in [-0.2, -0.15) is 0 Å². The van der Waals surface area contributed by atoms with Gasteiger partial charge in [0.1, 0.15) is 5.75 Å². The molecular formula is C26H28N2O5. The second-order valence-corrected chi connectivity index (χ2v) is 8.75. The first-order valence-corrected chi connectivity index (χ1v) is 11.4. The summed E-state index contributed by atoms with van der Waals surface area (Å²) in [6.07, 6.45) is 5.62. The highest BCUT2D eigenvalue weighted by Crippen LogP contribution is 2.36. The average Bonchev–Trinajstić information content (AvgIpc) is 3.32. The third-order valence-corrected chi connectivity index (χ3v) is 6.78. The zero-order chi connectivity index (χ0) is 22.8. The van der Waals surface area contributed by atoms with E-state index in [1.807, 2.05) is 58.3 Å². The first-order chi connectivity index (χ1) is 16.1. The predicted octanol–water partition coefficient (Wildman–Crippen LogP) is 3.48. The summed E-state index contributed by atoms with van der Waals surface area (Å²) in [5.41, 5.74) is 1.99. The van der Waals surface area contributed by atoms with Crippen LogP contribution in [0.15, 0.2) is 48.5 Å². The van der Waals surface area contributed by atoms with Crippen LogP contribution in [-0.4, -0.2) is 54.6 Å². The maximum absolute atomic E-state index is 12.8. The number of methoxy groups -OCH3 is 1. The normalized spacial score (nSPS) is 21.9. The molecule has 2 aromatic carbocycles. The monoisotopic (exact) mass is 448 g/mol. The van der Waals surface area contributed by atoms with Gasteiger partial charge in [-0.25, -0.2) is 0 Å². The Bertz CT molecular complexity index is 1060. The second-order valence-electron chi connectivity index (χ2n) is 8.75. The zero-order valence-electron chi connectivity index (χ0n) is 18.7. The summed E-state index contributed by atoms with van der Waals surface area (Å²) in [4.78, 5) is 29.5. The van der Waals surface area contributed by atoms with Crippen LogP contribution in [0.2, 0.25) is 0 Å². The molecule has 2 aromatic rings. The van der Waals surface area contributed by atoms with Crippen molar-refractivity contribution < 1.29 is 23.8 Å². The molecule has 3 heterocycles. The third kappa shape index (κ3) is 4.53. The lowest BCUT2D eigenvalue weighted by Gasteiger charge is -2.47. The van der Waals surface area contributed by atoms with Crippen molar-refractivity contribution in [1.82, 2.24) is 9.80 Å². The van der Waals surface area contributed by atoms with E-state index in [2.05, 4.69) is 0 Å². The number of nitrogens with zero attached hydrogens (tertiary/aromatic N) is 2. The minimum Gasteiger partial charge on any atom is -0.497 e. The van der Waals surface area contributed by atoms with Crippen molar-refractivity contribution in [2.45, 2.75) is 31.8 Å². The van der Waals surface area contributed by atoms with Crippen LogP contribution in [-0.2, 0) is 16.1 Å². The van der Waals surface area contributed by atoms with Gasteiger partial charge in [-0.1, -0.05) is 18.2 Å². The molecule has 0 N–H and O–H groups in total. The van der Waals surface area contributed by atoms with Gasteiger partial charge in [0.15, 0.2) is 11.5 Å². The number of piperidine rings is 2. The number of benzene rings is 2. The zero-order valence-corrected chi connectivity index (χ0v) is 18.7. The van der Waals surface area contributed by atoms with E-state index in [4.69, 9.17) is 14.2 Å². The van der Waals surface area contributed by atoms with Gasteiger partial charge in [0.2, 0.25) is 18.6 Å². The van der Waals surface area contributed by atoms with E-state index < -0.39 is 0 Å². The molecule has 3 aliphatic rings. The van der Waals surface area contributed by atoms with Gasteiger partial charge < -0.3 is 24.0 Å². The number of hydrogen-bond acceptors (Lipinski definition) is 5. The molecule has 0 saturated carbocycles. The fraction of sp³-hybridized carbons (Fsp3) is 0.385. The molecule has 33 heavy (non-hydrogen) atoms. The molecule has 3 aliphatic heterocycles. The van der Waals surface area contributed by atoms with Crippen molar-refractivity contribution in [1.29, 1.82) is 0 Å². The molecule has 0 aliphatic carbocycles. The Morgan fingerprint density at radius 1 is 1.12 bits per heavy atom. The summed E-state index contributed by atoms with van der Waals surface area (Å²) in [5.74, 6) is 2.77. The van der Waals surface area contributed by atoms with Crippen LogP contribution in [0.25, 0.3) is 6.08 Å². The number of rotatable bonds is 5. The van der Waals surface area contributed by atoms with Crippen LogP contribution < -0.4 is 14.2 Å². The van der Waals surface area contributed by atoms with E-state index in [-0.39, 0.29) is 24.6 Å². The van der Waals surface area contributed by atoms with Crippen molar-refractivity contribution >= 4 is 17.9 Å². The Kier molecular flexibility index (Phi) is 5.94. The average molecular weight is 449 g/mol. The molecule has 0 aromatic heterocycles. The van der Waals surface area contributed by atoms with E-state index in [0.717, 1.165) is 41.2 Å². The fourth-order valence-electron chi connectivity index (χ4n) is 4.98. The molecular weight excluding hydrogens is 420 g/mol. The SMILES string of the molecule is COc1ccc(C=CC(=O)N2CC[C@H]3[C@H](CCC(=O)N3Cc3ccc4c(c3)OCO4)C2)cc1. The quantitative estimate of drug-likeness (QED) is 0.655. The third-order valence-electron chi connectivity index (χ3n) is 6.78. The van der Waals surface area contributed by atoms with Crippen molar-refractivity contribution in [3.05, 3.63) is 59.7 Å². The first kappa shape index (κ1) is 21.4.